The van der Waals surface area contributed by atoms with Gasteiger partial charge in [-0.05, 0) is 31.0 Å². The Morgan fingerprint density at radius 1 is 0.460 bits per heavy atom. The van der Waals surface area contributed by atoms with Crippen LogP contribution in [-0.2, 0) is 61.8 Å². The van der Waals surface area contributed by atoms with Gasteiger partial charge in [0.15, 0.2) is 31.5 Å². The first kappa shape index (κ1) is 71.2. The third kappa shape index (κ3) is 18.4. The Bertz CT molecular complexity index is 2440. The number of rotatable bonds is 26. The third-order valence-corrected chi connectivity index (χ3v) is 15.1. The number of aliphatic hydroxyl groups excluding tert-OH is 12. The number of unbranched alkanes of at least 4 members (excludes halogenated alkanes) is 4. The molecular formula is C55H85N5O27. The number of nitrogens with one attached hydrogen (secondary N) is 5. The fraction of sp³-hybridized carbons (Fsp3) is 0.764. The Hall–Kier alpha value is -4.91. The summed E-state index contributed by atoms with van der Waals surface area (Å²) in [7, 11) is 0. The predicted molar refractivity (Wildman–Crippen MR) is 291 cm³/mol. The highest BCUT2D eigenvalue weighted by Gasteiger charge is 2.58. The van der Waals surface area contributed by atoms with Gasteiger partial charge < -0.3 is 135 Å². The summed E-state index contributed by atoms with van der Waals surface area (Å²) < 4.78 is 59.7. The quantitative estimate of drug-likeness (QED) is 0.0303. The van der Waals surface area contributed by atoms with Crippen molar-refractivity contribution in [2.24, 2.45) is 0 Å². The van der Waals surface area contributed by atoms with Gasteiger partial charge in [0.05, 0.1) is 39.6 Å². The first-order chi connectivity index (χ1) is 41.5. The summed E-state index contributed by atoms with van der Waals surface area (Å²) in [5, 5.41) is 145. The first-order valence-corrected chi connectivity index (χ1v) is 28.8. The summed E-state index contributed by atoms with van der Waals surface area (Å²) in [6.45, 7) is 1.89. The number of hydrogen-bond donors (Lipinski definition) is 17. The van der Waals surface area contributed by atoms with Gasteiger partial charge in [0.1, 0.15) is 128 Å². The van der Waals surface area contributed by atoms with Crippen LogP contribution in [0.3, 0.4) is 0 Å². The van der Waals surface area contributed by atoms with E-state index in [4.69, 9.17) is 47.4 Å². The molecule has 5 fully saturated rings. The van der Waals surface area contributed by atoms with Gasteiger partial charge in [-0.1, -0.05) is 25.8 Å². The minimum Gasteiger partial charge on any atom is -0.494 e. The lowest BCUT2D eigenvalue weighted by Gasteiger charge is -2.51. The van der Waals surface area contributed by atoms with E-state index in [1.807, 2.05) is 0 Å². The van der Waals surface area contributed by atoms with E-state index in [1.165, 1.54) is 12.1 Å². The third-order valence-electron chi connectivity index (χ3n) is 15.1. The van der Waals surface area contributed by atoms with E-state index in [1.54, 1.807) is 12.1 Å². The lowest BCUT2D eigenvalue weighted by molar-refractivity contribution is -0.367. The lowest BCUT2D eigenvalue weighted by atomic mass is 9.93. The molecule has 1 aromatic carbocycles. The Morgan fingerprint density at radius 2 is 0.828 bits per heavy atom. The normalized spacial score (nSPS) is 37.8. The van der Waals surface area contributed by atoms with Gasteiger partial charge in [0.25, 0.3) is 5.91 Å². The monoisotopic (exact) mass is 1250 g/mol. The number of hydrogen-bond acceptors (Lipinski definition) is 27. The highest BCUT2D eigenvalue weighted by Crippen LogP contribution is 2.36. The molecule has 87 heavy (non-hydrogen) atoms. The predicted octanol–water partition coefficient (Wildman–Crippen LogP) is -7.17. The molecule has 5 aliphatic rings. The maximum atomic E-state index is 13.9. The van der Waals surface area contributed by atoms with E-state index in [0.29, 0.717) is 25.2 Å². The fourth-order valence-electron chi connectivity index (χ4n) is 10.8. The van der Waals surface area contributed by atoms with Crippen molar-refractivity contribution >= 4 is 29.5 Å². The maximum Gasteiger partial charge on any atom is 0.251 e. The topological polar surface area (TPSA) is 481 Å². The van der Waals surface area contributed by atoms with Crippen LogP contribution in [0.2, 0.25) is 0 Å². The van der Waals surface area contributed by atoms with Crippen LogP contribution in [0.5, 0.6) is 5.75 Å². The molecule has 492 valence electrons. The standard InChI is InChI=1S/C55H85N5O27/c1-6-7-8-9-10-11-12-13-17-78-29-16-14-15-28(18-29)50(76)60-36-41(71)40(70)30(19-61)80-52(36)85-47-32(21-63)82-54(38(43(47)73)58-26(4)68)87-49-34(23-65)83-55(39(45(49)75)59-27(5)69)86-48-33(22-64)81-53(37(44(48)74)57-25(3)67)84-46-31(20-62)79-51(77)35(42(46)72)56-24(2)66/h14-16,18,30-49,51-55,61-65,70-75,77H,6-9,12-13,17,19-23H2,1-5H3,(H,56,66)(H,57,67)(H,58,68)(H,59,69)(H,60,76)/t30?,31?,32-,33-,34?,35-,36-,37?,38?,39-,40+,41+,42+,43?,44?,45+,46?,47+,48+,49?,51+,52?,53?,54?,55?/m0/s1. The molecule has 5 aliphatic heterocycles. The molecule has 1 aromatic rings. The van der Waals surface area contributed by atoms with Crippen molar-refractivity contribution in [1.82, 2.24) is 26.6 Å². The number of carbonyl (C=O) groups is 5. The smallest absolute Gasteiger partial charge is 0.251 e. The molecule has 25 atom stereocenters. The second-order valence-corrected chi connectivity index (χ2v) is 21.7. The molecule has 6 rings (SSSR count). The molecule has 0 saturated carbocycles. The number of benzene rings is 1. The zero-order chi connectivity index (χ0) is 63.8. The van der Waals surface area contributed by atoms with Gasteiger partial charge in [-0.25, -0.2) is 0 Å². The van der Waals surface area contributed by atoms with Crippen LogP contribution >= 0.6 is 0 Å². The summed E-state index contributed by atoms with van der Waals surface area (Å²) >= 11 is 0. The van der Waals surface area contributed by atoms with E-state index >= 15 is 0 Å². The average Bonchev–Trinajstić information content (AvgIpc) is 1.13. The molecule has 0 bridgehead atoms. The second kappa shape index (κ2) is 33.8. The molecule has 32 nitrogen and oxygen atoms in total. The van der Waals surface area contributed by atoms with Crippen LogP contribution < -0.4 is 31.3 Å². The molecule has 5 amide bonds. The van der Waals surface area contributed by atoms with Gasteiger partial charge in [-0.15, -0.1) is 11.8 Å². The number of amides is 5. The van der Waals surface area contributed by atoms with E-state index < -0.39 is 216 Å². The van der Waals surface area contributed by atoms with Crippen molar-refractivity contribution < 1.29 is 133 Å². The molecular weight excluding hydrogens is 1160 g/mol. The highest BCUT2D eigenvalue weighted by molar-refractivity contribution is 5.94. The van der Waals surface area contributed by atoms with E-state index in [9.17, 15) is 85.3 Å². The molecule has 0 radical (unpaired) electrons. The lowest BCUT2D eigenvalue weighted by Crippen LogP contribution is -2.72. The van der Waals surface area contributed by atoms with Crippen molar-refractivity contribution in [2.45, 2.75) is 226 Å². The molecule has 0 spiro atoms. The fourth-order valence-corrected chi connectivity index (χ4v) is 10.8. The van der Waals surface area contributed by atoms with E-state index in [0.717, 1.165) is 53.4 Å². The van der Waals surface area contributed by atoms with Gasteiger partial charge in [0.2, 0.25) is 23.6 Å². The largest absolute Gasteiger partial charge is 0.494 e. The van der Waals surface area contributed by atoms with Crippen molar-refractivity contribution in [3.05, 3.63) is 29.8 Å². The second-order valence-electron chi connectivity index (χ2n) is 21.7. The van der Waals surface area contributed by atoms with Crippen LogP contribution in [0, 0.1) is 11.8 Å². The van der Waals surface area contributed by atoms with Gasteiger partial charge in [0, 0.05) is 46.1 Å². The molecule has 0 aliphatic carbocycles. The molecule has 17 N–H and O–H groups in total. The van der Waals surface area contributed by atoms with Crippen molar-refractivity contribution in [3.8, 4) is 17.6 Å². The first-order valence-electron chi connectivity index (χ1n) is 28.8. The van der Waals surface area contributed by atoms with Crippen LogP contribution in [0.15, 0.2) is 24.3 Å². The molecule has 5 saturated heterocycles. The average molecular weight is 1250 g/mol. The Labute approximate surface area is 501 Å². The highest BCUT2D eigenvalue weighted by atomic mass is 16.8. The van der Waals surface area contributed by atoms with Crippen LogP contribution in [-0.4, -0.2) is 284 Å². The van der Waals surface area contributed by atoms with Crippen molar-refractivity contribution in [3.63, 3.8) is 0 Å². The summed E-state index contributed by atoms with van der Waals surface area (Å²) in [4.78, 5) is 64.1. The zero-order valence-electron chi connectivity index (χ0n) is 48.7. The minimum atomic E-state index is -2.03. The maximum absolute atomic E-state index is 13.9. The van der Waals surface area contributed by atoms with Crippen LogP contribution in [0.25, 0.3) is 0 Å². The summed E-state index contributed by atoms with van der Waals surface area (Å²) in [6.07, 6.45) is -30.6. The summed E-state index contributed by atoms with van der Waals surface area (Å²) in [6, 6.07) is -2.27. The molecule has 5 heterocycles. The van der Waals surface area contributed by atoms with E-state index in [-0.39, 0.29) is 5.56 Å². The number of aliphatic hydroxyl groups is 12. The Kier molecular flexibility index (Phi) is 27.6. The molecule has 32 heteroatoms. The zero-order valence-corrected chi connectivity index (χ0v) is 48.7. The van der Waals surface area contributed by atoms with Crippen molar-refractivity contribution in [2.75, 3.05) is 39.6 Å². The summed E-state index contributed by atoms with van der Waals surface area (Å²) in [5.74, 6) is 2.67. The molecule has 0 aromatic heterocycles. The van der Waals surface area contributed by atoms with Crippen molar-refractivity contribution in [1.29, 1.82) is 0 Å². The molecule has 13 unspecified atom stereocenters. The number of ether oxygens (including phenoxy) is 10. The number of carbonyl (C=O) groups excluding carboxylic acids is 5. The SMILES string of the molecule is CCCCCC#CCCCOc1cccc(C(=O)N[C@@H]2C(O[C@H]3C(O)C(NC(C)=O)C(OC4C(CO)OC(O[C@H]5C(O)C(NC(C)=O)C(OC6C(CO)O[C@@H](O)[C@@H](NC(C)=O)[C@H]6O)O[C@H]5CO)[C@@H](NC(C)=O)[C@H]4O)O[C@H]3CO)OC(CO)[C@@H](O)[C@@H]2O)c1. The van der Waals surface area contributed by atoms with E-state index in [2.05, 4.69) is 45.3 Å². The van der Waals surface area contributed by atoms with Crippen LogP contribution in [0.1, 0.15) is 83.5 Å². The van der Waals surface area contributed by atoms with Crippen LogP contribution in [0.4, 0.5) is 0 Å². The Balaban J connectivity index is 1.19. The van der Waals surface area contributed by atoms with Gasteiger partial charge in [-0.3, -0.25) is 24.0 Å². The summed E-state index contributed by atoms with van der Waals surface area (Å²) in [5.41, 5.74) is 0.0425. The van der Waals surface area contributed by atoms with Gasteiger partial charge >= 0.3 is 0 Å². The van der Waals surface area contributed by atoms with Gasteiger partial charge in [-0.2, -0.15) is 0 Å². The minimum absolute atomic E-state index is 0.0425. The Morgan fingerprint density at radius 3 is 1.23 bits per heavy atom.